The van der Waals surface area contributed by atoms with Crippen LogP contribution in [-0.4, -0.2) is 28.9 Å². The lowest BCUT2D eigenvalue weighted by atomic mass is 9.89. The fraction of sp³-hybridized carbons (Fsp3) is 0.625. The van der Waals surface area contributed by atoms with Crippen LogP contribution in [0.3, 0.4) is 0 Å². The third-order valence-corrected chi connectivity index (χ3v) is 4.37. The molecule has 1 atom stereocenters. The van der Waals surface area contributed by atoms with E-state index in [2.05, 4.69) is 18.8 Å². The number of carbonyl (C=O) groups excluding carboxylic acids is 1. The Morgan fingerprint density at radius 3 is 2.75 bits per heavy atom. The normalized spacial score (nSPS) is 20.1. The van der Waals surface area contributed by atoms with E-state index < -0.39 is 0 Å². The van der Waals surface area contributed by atoms with E-state index in [1.165, 1.54) is 6.42 Å². The van der Waals surface area contributed by atoms with E-state index in [4.69, 9.17) is 11.6 Å². The fourth-order valence-electron chi connectivity index (χ4n) is 2.93. The maximum absolute atomic E-state index is 12.6. The first-order valence-electron chi connectivity index (χ1n) is 7.41. The lowest BCUT2D eigenvalue weighted by Gasteiger charge is -2.22. The molecule has 0 spiro atoms. The van der Waals surface area contributed by atoms with Gasteiger partial charge < -0.3 is 4.90 Å². The van der Waals surface area contributed by atoms with Gasteiger partial charge in [0.05, 0.1) is 0 Å². The number of rotatable bonds is 2. The summed E-state index contributed by atoms with van der Waals surface area (Å²) in [5, 5.41) is 0.392. The molecule has 1 aromatic heterocycles. The summed E-state index contributed by atoms with van der Waals surface area (Å²) in [5.41, 5.74) is 1.45. The summed E-state index contributed by atoms with van der Waals surface area (Å²) in [6, 6.07) is 3.49. The zero-order valence-corrected chi connectivity index (χ0v) is 13.3. The predicted molar refractivity (Wildman–Crippen MR) is 82.1 cm³/mol. The van der Waals surface area contributed by atoms with Crippen molar-refractivity contribution in [3.8, 4) is 0 Å². The Morgan fingerprint density at radius 1 is 1.35 bits per heavy atom. The van der Waals surface area contributed by atoms with Gasteiger partial charge in [0.25, 0.3) is 5.91 Å². The van der Waals surface area contributed by atoms with E-state index in [1.807, 2.05) is 17.9 Å². The molecule has 2 heterocycles. The molecular weight excluding hydrogens is 272 g/mol. The lowest BCUT2D eigenvalue weighted by Crippen LogP contribution is -2.32. The highest BCUT2D eigenvalue weighted by atomic mass is 35.5. The molecule has 1 aliphatic rings. The number of halogens is 1. The maximum Gasteiger partial charge on any atom is 0.254 e. The molecule has 20 heavy (non-hydrogen) atoms. The van der Waals surface area contributed by atoms with Gasteiger partial charge in [0, 0.05) is 24.3 Å². The summed E-state index contributed by atoms with van der Waals surface area (Å²) < 4.78 is 0. The topological polar surface area (TPSA) is 33.2 Å². The highest BCUT2D eigenvalue weighted by Crippen LogP contribution is 2.25. The van der Waals surface area contributed by atoms with Crippen molar-refractivity contribution in [3.63, 3.8) is 0 Å². The summed E-state index contributed by atoms with van der Waals surface area (Å²) in [6.45, 7) is 8.10. The molecule has 0 bridgehead atoms. The minimum Gasteiger partial charge on any atom is -0.339 e. The Kier molecular flexibility index (Phi) is 5.03. The monoisotopic (exact) mass is 294 g/mol. The van der Waals surface area contributed by atoms with Gasteiger partial charge in [-0.3, -0.25) is 4.79 Å². The first-order chi connectivity index (χ1) is 9.47. The number of nitrogens with zero attached hydrogens (tertiary/aromatic N) is 2. The molecule has 2 rings (SSSR count). The van der Waals surface area contributed by atoms with Crippen LogP contribution in [0.15, 0.2) is 12.1 Å². The third kappa shape index (κ3) is 3.72. The first kappa shape index (κ1) is 15.3. The van der Waals surface area contributed by atoms with Crippen LogP contribution >= 0.6 is 11.6 Å². The second-order valence-electron chi connectivity index (χ2n) is 6.05. The molecule has 3 nitrogen and oxygen atoms in total. The minimum atomic E-state index is 0.0850. The molecule has 0 radical (unpaired) electrons. The Morgan fingerprint density at radius 2 is 2.10 bits per heavy atom. The largest absolute Gasteiger partial charge is 0.339 e. The molecule has 1 saturated heterocycles. The lowest BCUT2D eigenvalue weighted by molar-refractivity contribution is 0.0758. The van der Waals surface area contributed by atoms with Crippen molar-refractivity contribution in [1.29, 1.82) is 0 Å². The van der Waals surface area contributed by atoms with Gasteiger partial charge in [0.15, 0.2) is 0 Å². The second-order valence-corrected chi connectivity index (χ2v) is 6.43. The third-order valence-electron chi connectivity index (χ3n) is 4.17. The first-order valence-corrected chi connectivity index (χ1v) is 7.78. The van der Waals surface area contributed by atoms with E-state index in [9.17, 15) is 4.79 Å². The Balaban J connectivity index is 2.09. The standard InChI is InChI=1S/C16H23ClN2O/c1-11(2)13-5-4-7-19(8-6-13)16(20)14-9-12(3)18-15(17)10-14/h9-11,13H,4-8H2,1-3H3. The number of hydrogen-bond acceptors (Lipinski definition) is 2. The number of pyridine rings is 1. The molecule has 1 amide bonds. The van der Waals surface area contributed by atoms with Gasteiger partial charge in [-0.1, -0.05) is 25.4 Å². The number of carbonyl (C=O) groups is 1. The van der Waals surface area contributed by atoms with Gasteiger partial charge in [-0.05, 0) is 50.2 Å². The van der Waals surface area contributed by atoms with Crippen molar-refractivity contribution < 1.29 is 4.79 Å². The van der Waals surface area contributed by atoms with Crippen LogP contribution in [0.5, 0.6) is 0 Å². The Bertz CT molecular complexity index is 467. The average molecular weight is 295 g/mol. The summed E-state index contributed by atoms with van der Waals surface area (Å²) in [7, 11) is 0. The van der Waals surface area contributed by atoms with E-state index in [-0.39, 0.29) is 5.91 Å². The quantitative estimate of drug-likeness (QED) is 0.774. The molecule has 0 aromatic carbocycles. The molecule has 110 valence electrons. The van der Waals surface area contributed by atoms with Gasteiger partial charge in [0.1, 0.15) is 5.15 Å². The van der Waals surface area contributed by atoms with Gasteiger partial charge in [-0.15, -0.1) is 0 Å². The second kappa shape index (κ2) is 6.57. The molecule has 0 aliphatic carbocycles. The number of aryl methyl sites for hydroxylation is 1. The van der Waals surface area contributed by atoms with Crippen molar-refractivity contribution in [2.75, 3.05) is 13.1 Å². The van der Waals surface area contributed by atoms with E-state index in [1.54, 1.807) is 6.07 Å². The highest BCUT2D eigenvalue weighted by molar-refractivity contribution is 6.29. The molecule has 1 aromatic rings. The van der Waals surface area contributed by atoms with Crippen LogP contribution in [0.1, 0.15) is 49.2 Å². The summed E-state index contributed by atoms with van der Waals surface area (Å²) in [5.74, 6) is 1.51. The zero-order chi connectivity index (χ0) is 14.7. The summed E-state index contributed by atoms with van der Waals surface area (Å²) >= 11 is 5.95. The molecule has 4 heteroatoms. The Labute approximate surface area is 126 Å². The van der Waals surface area contributed by atoms with E-state index in [0.717, 1.165) is 37.5 Å². The van der Waals surface area contributed by atoms with Crippen LogP contribution in [0.25, 0.3) is 0 Å². The van der Waals surface area contributed by atoms with Crippen molar-refractivity contribution in [2.45, 2.75) is 40.0 Å². The average Bonchev–Trinajstić information content (AvgIpc) is 2.62. The van der Waals surface area contributed by atoms with Crippen molar-refractivity contribution in [3.05, 3.63) is 28.5 Å². The highest BCUT2D eigenvalue weighted by Gasteiger charge is 2.23. The Hall–Kier alpha value is -1.09. The van der Waals surface area contributed by atoms with E-state index >= 15 is 0 Å². The van der Waals surface area contributed by atoms with Crippen molar-refractivity contribution >= 4 is 17.5 Å². The SMILES string of the molecule is Cc1cc(C(=O)N2CCCC(C(C)C)CC2)cc(Cl)n1. The van der Waals surface area contributed by atoms with Crippen molar-refractivity contribution in [2.24, 2.45) is 11.8 Å². The molecule has 1 aliphatic heterocycles. The number of hydrogen-bond donors (Lipinski definition) is 0. The van der Waals surface area contributed by atoms with Gasteiger partial charge >= 0.3 is 0 Å². The summed E-state index contributed by atoms with van der Waals surface area (Å²) in [6.07, 6.45) is 3.41. The van der Waals surface area contributed by atoms with Gasteiger partial charge in [-0.25, -0.2) is 4.98 Å². The number of aromatic nitrogens is 1. The maximum atomic E-state index is 12.6. The van der Waals surface area contributed by atoms with Crippen LogP contribution in [-0.2, 0) is 0 Å². The number of amides is 1. The molecule has 1 fully saturated rings. The van der Waals surface area contributed by atoms with Gasteiger partial charge in [-0.2, -0.15) is 0 Å². The molecular formula is C16H23ClN2O. The fourth-order valence-corrected chi connectivity index (χ4v) is 3.18. The zero-order valence-electron chi connectivity index (χ0n) is 12.5. The molecule has 1 unspecified atom stereocenters. The predicted octanol–water partition coefficient (Wildman–Crippen LogP) is 3.94. The van der Waals surface area contributed by atoms with Crippen LogP contribution in [0.2, 0.25) is 5.15 Å². The van der Waals surface area contributed by atoms with E-state index in [0.29, 0.717) is 16.6 Å². The minimum absolute atomic E-state index is 0.0850. The molecule has 0 N–H and O–H groups in total. The molecule has 0 saturated carbocycles. The summed E-state index contributed by atoms with van der Waals surface area (Å²) in [4.78, 5) is 18.6. The number of likely N-dealkylation sites (tertiary alicyclic amines) is 1. The van der Waals surface area contributed by atoms with Gasteiger partial charge in [0.2, 0.25) is 0 Å². The smallest absolute Gasteiger partial charge is 0.254 e. The van der Waals surface area contributed by atoms with Crippen LogP contribution in [0.4, 0.5) is 0 Å². The van der Waals surface area contributed by atoms with Crippen LogP contribution < -0.4 is 0 Å². The van der Waals surface area contributed by atoms with Crippen molar-refractivity contribution in [1.82, 2.24) is 9.88 Å². The van der Waals surface area contributed by atoms with Crippen LogP contribution in [0, 0.1) is 18.8 Å².